The number of furan rings is 1. The second-order valence-corrected chi connectivity index (χ2v) is 4.32. The number of nitrogens with two attached hydrogens (primary N) is 1. The lowest BCUT2D eigenvalue weighted by molar-refractivity contribution is 0.0103. The van der Waals surface area contributed by atoms with E-state index in [-0.39, 0.29) is 11.9 Å². The second-order valence-electron chi connectivity index (χ2n) is 4.32. The maximum absolute atomic E-state index is 11.3. The SMILES string of the molecule is Cc1oc(C(=O)NN)cc1COCC1CCCO1. The monoisotopic (exact) mass is 254 g/mol. The number of hydrogen-bond acceptors (Lipinski definition) is 5. The Morgan fingerprint density at radius 3 is 3.17 bits per heavy atom. The molecule has 1 amide bonds. The van der Waals surface area contributed by atoms with Crippen molar-refractivity contribution in [2.45, 2.75) is 32.5 Å². The van der Waals surface area contributed by atoms with Crippen molar-refractivity contribution >= 4 is 5.91 Å². The van der Waals surface area contributed by atoms with Crippen molar-refractivity contribution < 1.29 is 18.7 Å². The normalized spacial score (nSPS) is 19.1. The number of hydrogen-bond donors (Lipinski definition) is 2. The topological polar surface area (TPSA) is 86.7 Å². The molecule has 0 bridgehead atoms. The molecule has 1 aliphatic rings. The van der Waals surface area contributed by atoms with Crippen LogP contribution in [0, 0.1) is 6.92 Å². The maximum Gasteiger partial charge on any atom is 0.300 e. The van der Waals surface area contributed by atoms with E-state index in [9.17, 15) is 4.79 Å². The Balaban J connectivity index is 1.84. The minimum Gasteiger partial charge on any atom is -0.456 e. The summed E-state index contributed by atoms with van der Waals surface area (Å²) in [5.41, 5.74) is 2.88. The van der Waals surface area contributed by atoms with Gasteiger partial charge in [0.05, 0.1) is 19.3 Å². The molecule has 6 nitrogen and oxygen atoms in total. The van der Waals surface area contributed by atoms with Crippen molar-refractivity contribution in [3.63, 3.8) is 0 Å². The lowest BCUT2D eigenvalue weighted by atomic mass is 10.2. The fraction of sp³-hybridized carbons (Fsp3) is 0.583. The summed E-state index contributed by atoms with van der Waals surface area (Å²) in [4.78, 5) is 11.3. The molecule has 100 valence electrons. The van der Waals surface area contributed by atoms with Gasteiger partial charge in [-0.2, -0.15) is 0 Å². The highest BCUT2D eigenvalue weighted by molar-refractivity contribution is 5.91. The van der Waals surface area contributed by atoms with Crippen molar-refractivity contribution in [3.8, 4) is 0 Å². The average Bonchev–Trinajstić information content (AvgIpc) is 2.99. The number of hydrazine groups is 1. The summed E-state index contributed by atoms with van der Waals surface area (Å²) in [6.07, 6.45) is 2.34. The standard InChI is InChI=1S/C12H18N2O4/c1-8-9(5-11(18-8)12(15)14-13)6-16-7-10-3-2-4-17-10/h5,10H,2-4,6-7,13H2,1H3,(H,14,15). The molecule has 18 heavy (non-hydrogen) atoms. The molecule has 0 radical (unpaired) electrons. The lowest BCUT2D eigenvalue weighted by Crippen LogP contribution is -2.29. The van der Waals surface area contributed by atoms with Gasteiger partial charge in [-0.3, -0.25) is 10.2 Å². The number of aryl methyl sites for hydroxylation is 1. The lowest BCUT2D eigenvalue weighted by Gasteiger charge is -2.09. The van der Waals surface area contributed by atoms with Crippen LogP contribution in [0.4, 0.5) is 0 Å². The molecule has 3 N–H and O–H groups in total. The van der Waals surface area contributed by atoms with E-state index in [0.717, 1.165) is 25.0 Å². The molecule has 0 saturated carbocycles. The summed E-state index contributed by atoms with van der Waals surface area (Å²) in [7, 11) is 0. The Hall–Kier alpha value is -1.37. The van der Waals surface area contributed by atoms with E-state index in [1.165, 1.54) is 0 Å². The van der Waals surface area contributed by atoms with E-state index in [1.54, 1.807) is 13.0 Å². The Bertz CT molecular complexity index is 410. The molecule has 1 atom stereocenters. The summed E-state index contributed by atoms with van der Waals surface area (Å²) in [5.74, 6) is 5.46. The van der Waals surface area contributed by atoms with Crippen LogP contribution in [0.25, 0.3) is 0 Å². The molecule has 2 rings (SSSR count). The zero-order valence-corrected chi connectivity index (χ0v) is 10.4. The number of ether oxygens (including phenoxy) is 2. The Morgan fingerprint density at radius 2 is 2.50 bits per heavy atom. The third kappa shape index (κ3) is 3.10. The van der Waals surface area contributed by atoms with Gasteiger partial charge in [0, 0.05) is 12.2 Å². The first-order chi connectivity index (χ1) is 8.70. The number of carbonyl (C=O) groups excluding carboxylic acids is 1. The van der Waals surface area contributed by atoms with Gasteiger partial charge < -0.3 is 13.9 Å². The molecule has 1 fully saturated rings. The predicted molar refractivity (Wildman–Crippen MR) is 63.7 cm³/mol. The van der Waals surface area contributed by atoms with Crippen LogP contribution in [-0.4, -0.2) is 25.2 Å². The predicted octanol–water partition coefficient (Wildman–Crippen LogP) is 0.887. The maximum atomic E-state index is 11.3. The van der Waals surface area contributed by atoms with Crippen molar-refractivity contribution in [2.24, 2.45) is 5.84 Å². The molecule has 0 aliphatic carbocycles. The van der Waals surface area contributed by atoms with Crippen LogP contribution in [0.5, 0.6) is 0 Å². The summed E-state index contributed by atoms with van der Waals surface area (Å²) >= 11 is 0. The van der Waals surface area contributed by atoms with Crippen LogP contribution in [-0.2, 0) is 16.1 Å². The summed E-state index contributed by atoms with van der Waals surface area (Å²) in [5, 5.41) is 0. The number of nitrogens with one attached hydrogen (secondary N) is 1. The van der Waals surface area contributed by atoms with Crippen LogP contribution in [0.3, 0.4) is 0 Å². The number of rotatable bonds is 5. The molecule has 1 unspecified atom stereocenters. The van der Waals surface area contributed by atoms with Crippen LogP contribution < -0.4 is 11.3 Å². The zero-order valence-electron chi connectivity index (χ0n) is 10.4. The number of amides is 1. The van der Waals surface area contributed by atoms with Gasteiger partial charge in [-0.05, 0) is 25.8 Å². The van der Waals surface area contributed by atoms with Gasteiger partial charge in [-0.25, -0.2) is 5.84 Å². The van der Waals surface area contributed by atoms with Gasteiger partial charge in [-0.1, -0.05) is 0 Å². The van der Waals surface area contributed by atoms with Gasteiger partial charge in [0.15, 0.2) is 5.76 Å². The molecule has 2 heterocycles. The Labute approximate surface area is 105 Å². The molecule has 1 saturated heterocycles. The minimum absolute atomic E-state index is 0.198. The molecule has 6 heteroatoms. The number of nitrogen functional groups attached to an aromatic ring is 1. The third-order valence-corrected chi connectivity index (χ3v) is 2.96. The van der Waals surface area contributed by atoms with Crippen LogP contribution >= 0.6 is 0 Å². The molecule has 1 aliphatic heterocycles. The van der Waals surface area contributed by atoms with E-state index in [2.05, 4.69) is 0 Å². The van der Waals surface area contributed by atoms with Gasteiger partial charge in [0.2, 0.25) is 0 Å². The first-order valence-corrected chi connectivity index (χ1v) is 6.00. The van der Waals surface area contributed by atoms with Gasteiger partial charge in [0.1, 0.15) is 5.76 Å². The van der Waals surface area contributed by atoms with Crippen molar-refractivity contribution in [1.29, 1.82) is 0 Å². The van der Waals surface area contributed by atoms with Gasteiger partial charge in [-0.15, -0.1) is 0 Å². The third-order valence-electron chi connectivity index (χ3n) is 2.96. The Morgan fingerprint density at radius 1 is 1.67 bits per heavy atom. The summed E-state index contributed by atoms with van der Waals surface area (Å²) < 4.78 is 16.3. The van der Waals surface area contributed by atoms with Gasteiger partial charge in [0.25, 0.3) is 0 Å². The average molecular weight is 254 g/mol. The first-order valence-electron chi connectivity index (χ1n) is 6.00. The van der Waals surface area contributed by atoms with E-state index in [4.69, 9.17) is 19.7 Å². The Kier molecular flexibility index (Phi) is 4.35. The second kappa shape index (κ2) is 5.99. The van der Waals surface area contributed by atoms with Gasteiger partial charge >= 0.3 is 5.91 Å². The largest absolute Gasteiger partial charge is 0.456 e. The first kappa shape index (κ1) is 13.1. The fourth-order valence-electron chi connectivity index (χ4n) is 1.92. The van der Waals surface area contributed by atoms with Crippen LogP contribution in [0.1, 0.15) is 34.7 Å². The van der Waals surface area contributed by atoms with Crippen molar-refractivity contribution in [1.82, 2.24) is 5.43 Å². The fourth-order valence-corrected chi connectivity index (χ4v) is 1.92. The van der Waals surface area contributed by atoms with E-state index < -0.39 is 5.91 Å². The van der Waals surface area contributed by atoms with Crippen LogP contribution in [0.2, 0.25) is 0 Å². The highest BCUT2D eigenvalue weighted by Gasteiger charge is 2.17. The smallest absolute Gasteiger partial charge is 0.300 e. The quantitative estimate of drug-likeness (QED) is 0.463. The molecule has 1 aromatic heterocycles. The van der Waals surface area contributed by atoms with Crippen LogP contribution in [0.15, 0.2) is 10.5 Å². The molecule has 0 aromatic carbocycles. The molecular weight excluding hydrogens is 236 g/mol. The van der Waals surface area contributed by atoms with Crippen molar-refractivity contribution in [2.75, 3.05) is 13.2 Å². The summed E-state index contributed by atoms with van der Waals surface area (Å²) in [6.45, 7) is 3.59. The number of carbonyl (C=O) groups is 1. The molecule has 0 spiro atoms. The highest BCUT2D eigenvalue weighted by Crippen LogP contribution is 2.17. The molecule has 1 aromatic rings. The van der Waals surface area contributed by atoms with Crippen molar-refractivity contribution in [3.05, 3.63) is 23.2 Å². The molecular formula is C12H18N2O4. The highest BCUT2D eigenvalue weighted by atomic mass is 16.5. The minimum atomic E-state index is -0.441. The summed E-state index contributed by atoms with van der Waals surface area (Å²) in [6, 6.07) is 1.65. The zero-order chi connectivity index (χ0) is 13.0. The van der Waals surface area contributed by atoms with E-state index >= 15 is 0 Å². The van der Waals surface area contributed by atoms with E-state index in [1.807, 2.05) is 5.43 Å². The van der Waals surface area contributed by atoms with E-state index in [0.29, 0.717) is 19.0 Å².